The molecule has 0 saturated carbocycles. The number of tetrazole rings is 1. The van der Waals surface area contributed by atoms with Gasteiger partial charge in [-0.15, -0.1) is 10.2 Å². The predicted molar refractivity (Wildman–Crippen MR) is 51.5 cm³/mol. The van der Waals surface area contributed by atoms with E-state index in [0.29, 0.717) is 12.6 Å². The first-order valence-electron chi connectivity index (χ1n) is 4.99. The second kappa shape index (κ2) is 4.47. The molecule has 2 rings (SSSR count). The van der Waals surface area contributed by atoms with E-state index >= 15 is 0 Å². The van der Waals surface area contributed by atoms with E-state index in [0.717, 1.165) is 5.82 Å². The fourth-order valence-electron chi connectivity index (χ4n) is 1.71. The number of likely N-dealkylation sites (tertiary alicyclic amines) is 1. The standard InChI is InChI=1S/C8H16N6/c1-14-4-2-7(3-5-14)9-6-8-10-12-13-11-8/h7,9H,2-6H2,1H3,(H,10,11,12,13). The van der Waals surface area contributed by atoms with Crippen LogP contribution in [0.1, 0.15) is 18.7 Å². The third-order valence-corrected chi connectivity index (χ3v) is 2.66. The minimum absolute atomic E-state index is 0.602. The van der Waals surface area contributed by atoms with E-state index in [9.17, 15) is 0 Å². The lowest BCUT2D eigenvalue weighted by molar-refractivity contribution is 0.233. The van der Waals surface area contributed by atoms with Crippen molar-refractivity contribution in [3.8, 4) is 0 Å². The Balaban J connectivity index is 1.71. The summed E-state index contributed by atoms with van der Waals surface area (Å²) in [6, 6.07) is 0.602. The van der Waals surface area contributed by atoms with Gasteiger partial charge in [-0.05, 0) is 33.0 Å². The highest BCUT2D eigenvalue weighted by molar-refractivity contribution is 4.80. The number of hydrogen-bond acceptors (Lipinski definition) is 5. The predicted octanol–water partition coefficient (Wildman–Crippen LogP) is -0.616. The molecule has 0 aromatic carbocycles. The average Bonchev–Trinajstić information content (AvgIpc) is 2.70. The number of aromatic amines is 1. The molecule has 1 aliphatic rings. The summed E-state index contributed by atoms with van der Waals surface area (Å²) in [5, 5.41) is 17.2. The molecular weight excluding hydrogens is 180 g/mol. The van der Waals surface area contributed by atoms with Crippen molar-refractivity contribution in [1.29, 1.82) is 0 Å². The molecule has 0 amide bonds. The van der Waals surface area contributed by atoms with Crippen LogP contribution in [0, 0.1) is 0 Å². The third kappa shape index (κ3) is 2.49. The SMILES string of the molecule is CN1CCC(NCc2nn[nH]n2)CC1. The van der Waals surface area contributed by atoms with Crippen molar-refractivity contribution < 1.29 is 0 Å². The van der Waals surface area contributed by atoms with Crippen molar-refractivity contribution in [2.24, 2.45) is 0 Å². The summed E-state index contributed by atoms with van der Waals surface area (Å²) in [7, 11) is 2.16. The van der Waals surface area contributed by atoms with Crippen molar-refractivity contribution in [2.75, 3.05) is 20.1 Å². The molecule has 1 aromatic heterocycles. The van der Waals surface area contributed by atoms with Crippen LogP contribution in [-0.4, -0.2) is 51.7 Å². The Morgan fingerprint density at radius 2 is 2.29 bits per heavy atom. The summed E-state index contributed by atoms with van der Waals surface area (Å²) in [4.78, 5) is 2.35. The van der Waals surface area contributed by atoms with Crippen LogP contribution < -0.4 is 5.32 Å². The monoisotopic (exact) mass is 196 g/mol. The number of piperidine rings is 1. The molecule has 1 aromatic rings. The average molecular weight is 196 g/mol. The molecule has 0 aliphatic carbocycles. The van der Waals surface area contributed by atoms with Gasteiger partial charge < -0.3 is 10.2 Å². The van der Waals surface area contributed by atoms with Gasteiger partial charge in [0.1, 0.15) is 0 Å². The Bertz CT molecular complexity index is 251. The fraction of sp³-hybridized carbons (Fsp3) is 0.875. The highest BCUT2D eigenvalue weighted by Gasteiger charge is 2.16. The van der Waals surface area contributed by atoms with E-state index in [2.05, 4.69) is 37.9 Å². The van der Waals surface area contributed by atoms with Crippen LogP contribution in [0.25, 0.3) is 0 Å². The van der Waals surface area contributed by atoms with Gasteiger partial charge in [0.05, 0.1) is 6.54 Å². The summed E-state index contributed by atoms with van der Waals surface area (Å²) in [6.07, 6.45) is 2.41. The van der Waals surface area contributed by atoms with Gasteiger partial charge in [0.15, 0.2) is 5.82 Å². The maximum Gasteiger partial charge on any atom is 0.188 e. The molecule has 1 saturated heterocycles. The Morgan fingerprint density at radius 1 is 1.50 bits per heavy atom. The van der Waals surface area contributed by atoms with E-state index in [1.54, 1.807) is 0 Å². The van der Waals surface area contributed by atoms with E-state index < -0.39 is 0 Å². The lowest BCUT2D eigenvalue weighted by Crippen LogP contribution is -2.40. The lowest BCUT2D eigenvalue weighted by Gasteiger charge is -2.29. The maximum atomic E-state index is 3.90. The number of aromatic nitrogens is 4. The Labute approximate surface area is 83.1 Å². The molecule has 78 valence electrons. The largest absolute Gasteiger partial charge is 0.307 e. The summed E-state index contributed by atoms with van der Waals surface area (Å²) >= 11 is 0. The first-order chi connectivity index (χ1) is 6.84. The summed E-state index contributed by atoms with van der Waals surface area (Å²) in [5.74, 6) is 0.740. The van der Waals surface area contributed by atoms with Crippen molar-refractivity contribution in [3.63, 3.8) is 0 Å². The van der Waals surface area contributed by atoms with Gasteiger partial charge >= 0.3 is 0 Å². The molecule has 0 bridgehead atoms. The fourth-order valence-corrected chi connectivity index (χ4v) is 1.71. The Kier molecular flexibility index (Phi) is 3.05. The highest BCUT2D eigenvalue weighted by Crippen LogP contribution is 2.08. The van der Waals surface area contributed by atoms with Crippen LogP contribution in [0.3, 0.4) is 0 Å². The first kappa shape index (κ1) is 9.54. The molecule has 14 heavy (non-hydrogen) atoms. The number of nitrogens with zero attached hydrogens (tertiary/aromatic N) is 4. The summed E-state index contributed by atoms with van der Waals surface area (Å²) in [5.41, 5.74) is 0. The summed E-state index contributed by atoms with van der Waals surface area (Å²) < 4.78 is 0. The molecule has 0 atom stereocenters. The second-order valence-electron chi connectivity index (χ2n) is 3.79. The zero-order valence-corrected chi connectivity index (χ0v) is 8.40. The maximum absolute atomic E-state index is 3.90. The molecule has 1 fully saturated rings. The zero-order chi connectivity index (χ0) is 9.80. The van der Waals surface area contributed by atoms with Gasteiger partial charge in [-0.2, -0.15) is 5.21 Å². The first-order valence-corrected chi connectivity index (χ1v) is 4.99. The lowest BCUT2D eigenvalue weighted by atomic mass is 10.1. The Hall–Kier alpha value is -1.01. The van der Waals surface area contributed by atoms with Gasteiger partial charge in [0.2, 0.25) is 0 Å². The minimum Gasteiger partial charge on any atom is -0.307 e. The smallest absolute Gasteiger partial charge is 0.188 e. The van der Waals surface area contributed by atoms with E-state index in [-0.39, 0.29) is 0 Å². The number of nitrogens with one attached hydrogen (secondary N) is 2. The summed E-state index contributed by atoms with van der Waals surface area (Å²) in [6.45, 7) is 3.05. The molecule has 1 aliphatic heterocycles. The molecule has 0 radical (unpaired) electrons. The van der Waals surface area contributed by atoms with Crippen LogP contribution >= 0.6 is 0 Å². The van der Waals surface area contributed by atoms with Crippen molar-refractivity contribution in [3.05, 3.63) is 5.82 Å². The van der Waals surface area contributed by atoms with E-state index in [1.807, 2.05) is 0 Å². The highest BCUT2D eigenvalue weighted by atomic mass is 15.5. The van der Waals surface area contributed by atoms with Gasteiger partial charge in [-0.3, -0.25) is 0 Å². The topological polar surface area (TPSA) is 69.7 Å². The quantitative estimate of drug-likeness (QED) is 0.674. The number of rotatable bonds is 3. The minimum atomic E-state index is 0.602. The van der Waals surface area contributed by atoms with Crippen molar-refractivity contribution in [2.45, 2.75) is 25.4 Å². The van der Waals surface area contributed by atoms with Gasteiger partial charge in [-0.25, -0.2) is 0 Å². The van der Waals surface area contributed by atoms with Crippen molar-refractivity contribution in [1.82, 2.24) is 30.8 Å². The number of H-pyrrole nitrogens is 1. The molecule has 2 heterocycles. The van der Waals surface area contributed by atoms with Crippen LogP contribution in [0.5, 0.6) is 0 Å². The normalized spacial score (nSPS) is 20.1. The molecule has 6 heteroatoms. The van der Waals surface area contributed by atoms with Crippen LogP contribution in [0.2, 0.25) is 0 Å². The molecule has 6 nitrogen and oxygen atoms in total. The Morgan fingerprint density at radius 3 is 2.93 bits per heavy atom. The number of hydrogen-bond donors (Lipinski definition) is 2. The molecular formula is C8H16N6. The van der Waals surface area contributed by atoms with Crippen LogP contribution in [0.15, 0.2) is 0 Å². The third-order valence-electron chi connectivity index (χ3n) is 2.66. The van der Waals surface area contributed by atoms with Gasteiger partial charge in [0, 0.05) is 6.04 Å². The van der Waals surface area contributed by atoms with Crippen LogP contribution in [-0.2, 0) is 6.54 Å². The molecule has 0 unspecified atom stereocenters. The van der Waals surface area contributed by atoms with E-state index in [1.165, 1.54) is 25.9 Å². The van der Waals surface area contributed by atoms with E-state index in [4.69, 9.17) is 0 Å². The zero-order valence-electron chi connectivity index (χ0n) is 8.40. The molecule has 2 N–H and O–H groups in total. The van der Waals surface area contributed by atoms with Crippen molar-refractivity contribution >= 4 is 0 Å². The van der Waals surface area contributed by atoms with Gasteiger partial charge in [0.25, 0.3) is 0 Å². The van der Waals surface area contributed by atoms with Crippen LogP contribution in [0.4, 0.5) is 0 Å². The van der Waals surface area contributed by atoms with Gasteiger partial charge in [-0.1, -0.05) is 5.21 Å². The second-order valence-corrected chi connectivity index (χ2v) is 3.79. The molecule has 0 spiro atoms.